The quantitative estimate of drug-likeness (QED) is 0.773. The number of hydrogen-bond acceptors (Lipinski definition) is 2. The molecule has 0 saturated carbocycles. The maximum atomic E-state index is 12.3. The van der Waals surface area contributed by atoms with E-state index in [9.17, 15) is 4.79 Å². The van der Waals surface area contributed by atoms with Crippen molar-refractivity contribution in [2.45, 2.75) is 32.7 Å². The van der Waals surface area contributed by atoms with Crippen molar-refractivity contribution in [2.75, 3.05) is 6.54 Å². The second kappa shape index (κ2) is 4.88. The van der Waals surface area contributed by atoms with Crippen LogP contribution in [0.3, 0.4) is 0 Å². The molecule has 1 saturated heterocycles. The maximum Gasteiger partial charge on any atom is 0.265 e. The molecular weight excluding hydrogens is 286 g/mol. The Kier molecular flexibility index (Phi) is 3.70. The van der Waals surface area contributed by atoms with Gasteiger partial charge in [0.2, 0.25) is 0 Å². The van der Waals surface area contributed by atoms with Crippen LogP contribution in [-0.2, 0) is 0 Å². The van der Waals surface area contributed by atoms with Gasteiger partial charge < -0.3 is 4.90 Å². The molecule has 0 aliphatic carbocycles. The summed E-state index contributed by atoms with van der Waals surface area (Å²) in [5.74, 6) is 0.923. The molecule has 2 heterocycles. The molecule has 0 radical (unpaired) electrons. The van der Waals surface area contributed by atoms with Crippen LogP contribution in [0.4, 0.5) is 0 Å². The molecule has 1 amide bonds. The average Bonchev–Trinajstić information content (AvgIpc) is 2.63. The van der Waals surface area contributed by atoms with E-state index in [2.05, 4.69) is 29.8 Å². The topological polar surface area (TPSA) is 20.3 Å². The van der Waals surface area contributed by atoms with Crippen LogP contribution in [0.1, 0.15) is 36.4 Å². The Morgan fingerprint density at radius 3 is 2.88 bits per heavy atom. The van der Waals surface area contributed by atoms with Crippen LogP contribution in [0.25, 0.3) is 0 Å². The Bertz CT molecular complexity index is 390. The minimum absolute atomic E-state index is 0.182. The molecule has 16 heavy (non-hydrogen) atoms. The number of hydrogen-bond donors (Lipinski definition) is 0. The molecule has 1 aliphatic rings. The van der Waals surface area contributed by atoms with E-state index in [1.54, 1.807) is 0 Å². The van der Waals surface area contributed by atoms with Crippen LogP contribution in [0.15, 0.2) is 15.9 Å². The molecule has 4 heteroatoms. The molecule has 0 N–H and O–H groups in total. The van der Waals surface area contributed by atoms with Crippen LogP contribution < -0.4 is 0 Å². The van der Waals surface area contributed by atoms with Crippen LogP contribution in [0, 0.1) is 5.92 Å². The first kappa shape index (κ1) is 12.1. The lowest BCUT2D eigenvalue weighted by molar-refractivity contribution is 0.0593. The zero-order valence-corrected chi connectivity index (χ0v) is 12.0. The van der Waals surface area contributed by atoms with Gasteiger partial charge >= 0.3 is 0 Å². The highest BCUT2D eigenvalue weighted by Gasteiger charge is 2.28. The number of piperidine rings is 1. The Hall–Kier alpha value is -0.350. The Labute approximate surface area is 109 Å². The Morgan fingerprint density at radius 2 is 2.31 bits per heavy atom. The van der Waals surface area contributed by atoms with Crippen molar-refractivity contribution in [3.63, 3.8) is 0 Å². The summed E-state index contributed by atoms with van der Waals surface area (Å²) >= 11 is 4.94. The number of halogens is 1. The second-order valence-corrected chi connectivity index (χ2v) is 6.35. The first-order chi connectivity index (χ1) is 7.59. The molecule has 2 nitrogen and oxygen atoms in total. The molecule has 0 spiro atoms. The summed E-state index contributed by atoms with van der Waals surface area (Å²) in [6.45, 7) is 5.31. The summed E-state index contributed by atoms with van der Waals surface area (Å²) in [6, 6.07) is 2.31. The molecule has 2 atom stereocenters. The molecule has 1 aromatic rings. The van der Waals surface area contributed by atoms with E-state index in [4.69, 9.17) is 0 Å². The molecule has 0 aromatic carbocycles. The standard InChI is InChI=1S/C12H16BrNOS/c1-8-3-5-14(9(2)7-8)12(15)11-10(13)4-6-16-11/h4,6,8-9H,3,5,7H2,1-2H3. The molecule has 2 rings (SSSR count). The summed E-state index contributed by atoms with van der Waals surface area (Å²) < 4.78 is 0.924. The van der Waals surface area contributed by atoms with Gasteiger partial charge in [0.15, 0.2) is 0 Å². The van der Waals surface area contributed by atoms with Crippen molar-refractivity contribution in [1.29, 1.82) is 0 Å². The summed E-state index contributed by atoms with van der Waals surface area (Å²) in [6.07, 6.45) is 2.24. The van der Waals surface area contributed by atoms with Crippen LogP contribution in [0.5, 0.6) is 0 Å². The summed E-state index contributed by atoms with van der Waals surface area (Å²) in [5.41, 5.74) is 0. The smallest absolute Gasteiger partial charge is 0.265 e. The Morgan fingerprint density at radius 1 is 1.56 bits per heavy atom. The summed E-state index contributed by atoms with van der Waals surface area (Å²) in [7, 11) is 0. The second-order valence-electron chi connectivity index (χ2n) is 4.57. The minimum Gasteiger partial charge on any atom is -0.335 e. The first-order valence-electron chi connectivity index (χ1n) is 5.63. The van der Waals surface area contributed by atoms with Gasteiger partial charge in [-0.15, -0.1) is 11.3 Å². The predicted molar refractivity (Wildman–Crippen MR) is 70.9 cm³/mol. The third-order valence-corrected chi connectivity index (χ3v) is 5.04. The van der Waals surface area contributed by atoms with E-state index < -0.39 is 0 Å². The average molecular weight is 302 g/mol. The molecule has 1 aliphatic heterocycles. The third-order valence-electron chi connectivity index (χ3n) is 3.21. The number of nitrogens with zero attached hydrogens (tertiary/aromatic N) is 1. The lowest BCUT2D eigenvalue weighted by Crippen LogP contribution is -2.44. The van der Waals surface area contributed by atoms with Gasteiger partial charge in [0.1, 0.15) is 4.88 Å². The summed E-state index contributed by atoms with van der Waals surface area (Å²) in [5, 5.41) is 1.95. The van der Waals surface area contributed by atoms with Crippen molar-refractivity contribution < 1.29 is 4.79 Å². The zero-order valence-electron chi connectivity index (χ0n) is 9.57. The highest BCUT2D eigenvalue weighted by atomic mass is 79.9. The number of amides is 1. The number of likely N-dealkylation sites (tertiary alicyclic amines) is 1. The summed E-state index contributed by atoms with van der Waals surface area (Å²) in [4.78, 5) is 15.2. The third kappa shape index (κ3) is 2.33. The van der Waals surface area contributed by atoms with Gasteiger partial charge in [-0.25, -0.2) is 0 Å². The fourth-order valence-electron chi connectivity index (χ4n) is 2.29. The van der Waals surface area contributed by atoms with Gasteiger partial charge in [0.25, 0.3) is 5.91 Å². The molecule has 88 valence electrons. The van der Waals surface area contributed by atoms with Gasteiger partial charge in [0, 0.05) is 17.1 Å². The van der Waals surface area contributed by atoms with Crippen molar-refractivity contribution in [1.82, 2.24) is 4.90 Å². The largest absolute Gasteiger partial charge is 0.335 e. The molecule has 2 unspecified atom stereocenters. The number of rotatable bonds is 1. The van der Waals surface area contributed by atoms with E-state index in [0.717, 1.165) is 34.7 Å². The van der Waals surface area contributed by atoms with Crippen molar-refractivity contribution in [3.8, 4) is 0 Å². The lowest BCUT2D eigenvalue weighted by Gasteiger charge is -2.36. The van der Waals surface area contributed by atoms with E-state index in [0.29, 0.717) is 6.04 Å². The monoisotopic (exact) mass is 301 g/mol. The van der Waals surface area contributed by atoms with Crippen LogP contribution in [-0.4, -0.2) is 23.4 Å². The van der Waals surface area contributed by atoms with Gasteiger partial charge in [-0.05, 0) is 53.1 Å². The number of carbonyl (C=O) groups is 1. The zero-order chi connectivity index (χ0) is 11.7. The molecule has 1 fully saturated rings. The number of carbonyl (C=O) groups excluding carboxylic acids is 1. The van der Waals surface area contributed by atoms with E-state index >= 15 is 0 Å². The van der Waals surface area contributed by atoms with Crippen molar-refractivity contribution in [2.24, 2.45) is 5.92 Å². The van der Waals surface area contributed by atoms with E-state index in [-0.39, 0.29) is 5.91 Å². The normalized spacial score (nSPS) is 25.8. The lowest BCUT2D eigenvalue weighted by atomic mass is 9.93. The van der Waals surface area contributed by atoms with Crippen LogP contribution >= 0.6 is 27.3 Å². The Balaban J connectivity index is 2.14. The minimum atomic E-state index is 0.182. The maximum absolute atomic E-state index is 12.3. The fourth-order valence-corrected chi connectivity index (χ4v) is 3.78. The number of thiophene rings is 1. The van der Waals surface area contributed by atoms with E-state index in [1.807, 2.05) is 16.3 Å². The van der Waals surface area contributed by atoms with Crippen molar-refractivity contribution in [3.05, 3.63) is 20.8 Å². The molecule has 0 bridgehead atoms. The molecular formula is C12H16BrNOS. The first-order valence-corrected chi connectivity index (χ1v) is 7.31. The van der Waals surface area contributed by atoms with Gasteiger partial charge in [-0.2, -0.15) is 0 Å². The van der Waals surface area contributed by atoms with Gasteiger partial charge in [0.05, 0.1) is 0 Å². The van der Waals surface area contributed by atoms with Gasteiger partial charge in [-0.3, -0.25) is 4.79 Å². The molecule has 1 aromatic heterocycles. The van der Waals surface area contributed by atoms with Crippen molar-refractivity contribution >= 4 is 33.2 Å². The predicted octanol–water partition coefficient (Wildman–Crippen LogP) is 3.77. The van der Waals surface area contributed by atoms with Gasteiger partial charge in [-0.1, -0.05) is 6.92 Å². The highest BCUT2D eigenvalue weighted by Crippen LogP contribution is 2.28. The van der Waals surface area contributed by atoms with E-state index in [1.165, 1.54) is 11.3 Å². The highest BCUT2D eigenvalue weighted by molar-refractivity contribution is 9.10. The van der Waals surface area contributed by atoms with Crippen LogP contribution in [0.2, 0.25) is 0 Å². The fraction of sp³-hybridized carbons (Fsp3) is 0.583. The SMILES string of the molecule is CC1CCN(C(=O)c2sccc2Br)C(C)C1.